The molecule has 1 N–H and O–H groups in total. The number of nitrogens with one attached hydrogen (secondary N) is 1. The van der Waals surface area contributed by atoms with Gasteiger partial charge < -0.3 is 5.32 Å². The SMILES string of the molecule is Cc1nc2ccc(Cl)cn2c1C(=O)NCC(c1ccccc1)N1CCCC1. The Bertz CT molecular complexity index is 947. The number of carbonyl (C=O) groups excluding carboxylic acids is 1. The number of imidazole rings is 1. The number of amides is 1. The molecule has 4 rings (SSSR count). The fourth-order valence-corrected chi connectivity index (χ4v) is 4.03. The van der Waals surface area contributed by atoms with E-state index >= 15 is 0 Å². The molecule has 6 heteroatoms. The minimum atomic E-state index is -0.123. The molecule has 1 aromatic carbocycles. The molecule has 1 saturated heterocycles. The predicted molar refractivity (Wildman–Crippen MR) is 107 cm³/mol. The van der Waals surface area contributed by atoms with Gasteiger partial charge in [0.2, 0.25) is 0 Å². The summed E-state index contributed by atoms with van der Waals surface area (Å²) in [6.07, 6.45) is 4.16. The van der Waals surface area contributed by atoms with E-state index in [1.807, 2.05) is 19.1 Å². The first-order chi connectivity index (χ1) is 13.1. The minimum Gasteiger partial charge on any atom is -0.349 e. The van der Waals surface area contributed by atoms with E-state index in [1.165, 1.54) is 18.4 Å². The van der Waals surface area contributed by atoms with E-state index in [-0.39, 0.29) is 11.9 Å². The number of aryl methyl sites for hydroxylation is 1. The Morgan fingerprint density at radius 2 is 1.93 bits per heavy atom. The lowest BCUT2D eigenvalue weighted by Gasteiger charge is -2.28. The molecule has 140 valence electrons. The molecule has 1 unspecified atom stereocenters. The number of pyridine rings is 1. The van der Waals surface area contributed by atoms with Crippen molar-refractivity contribution < 1.29 is 4.79 Å². The molecular formula is C21H23ClN4O. The maximum Gasteiger partial charge on any atom is 0.270 e. The molecule has 1 aliphatic heterocycles. The summed E-state index contributed by atoms with van der Waals surface area (Å²) in [5.74, 6) is -0.123. The van der Waals surface area contributed by atoms with Gasteiger partial charge in [0.25, 0.3) is 5.91 Å². The van der Waals surface area contributed by atoms with Crippen LogP contribution in [0.3, 0.4) is 0 Å². The number of rotatable bonds is 5. The van der Waals surface area contributed by atoms with E-state index in [1.54, 1.807) is 16.7 Å². The highest BCUT2D eigenvalue weighted by Crippen LogP contribution is 2.24. The van der Waals surface area contributed by atoms with E-state index in [0.29, 0.717) is 23.0 Å². The molecule has 0 bridgehead atoms. The number of aromatic nitrogens is 2. The van der Waals surface area contributed by atoms with Gasteiger partial charge in [-0.15, -0.1) is 0 Å². The van der Waals surface area contributed by atoms with Gasteiger partial charge in [-0.25, -0.2) is 4.98 Å². The van der Waals surface area contributed by atoms with E-state index in [9.17, 15) is 4.79 Å². The third kappa shape index (κ3) is 3.70. The smallest absolute Gasteiger partial charge is 0.270 e. The van der Waals surface area contributed by atoms with E-state index in [0.717, 1.165) is 18.7 Å². The van der Waals surface area contributed by atoms with E-state index in [4.69, 9.17) is 11.6 Å². The van der Waals surface area contributed by atoms with Crippen molar-refractivity contribution in [3.05, 3.63) is 70.6 Å². The normalized spacial score (nSPS) is 15.9. The Morgan fingerprint density at radius 3 is 2.67 bits per heavy atom. The first kappa shape index (κ1) is 18.0. The van der Waals surface area contributed by atoms with Crippen molar-refractivity contribution >= 4 is 23.2 Å². The van der Waals surface area contributed by atoms with Gasteiger partial charge in [-0.2, -0.15) is 0 Å². The Morgan fingerprint density at radius 1 is 1.19 bits per heavy atom. The van der Waals surface area contributed by atoms with Gasteiger partial charge >= 0.3 is 0 Å². The zero-order valence-electron chi connectivity index (χ0n) is 15.4. The molecule has 3 heterocycles. The van der Waals surface area contributed by atoms with E-state index in [2.05, 4.69) is 39.5 Å². The molecule has 0 saturated carbocycles. The van der Waals surface area contributed by atoms with Gasteiger partial charge in [-0.3, -0.25) is 14.1 Å². The lowest BCUT2D eigenvalue weighted by atomic mass is 10.1. The highest BCUT2D eigenvalue weighted by molar-refractivity contribution is 6.30. The third-order valence-corrected chi connectivity index (χ3v) is 5.42. The standard InChI is InChI=1S/C21H23ClN4O/c1-15-20(26-14-17(22)9-10-19(26)24-15)21(27)23-13-18(25-11-5-6-12-25)16-7-3-2-4-8-16/h2-4,7-10,14,18H,5-6,11-13H2,1H3,(H,23,27). The molecule has 5 nitrogen and oxygen atoms in total. The number of halogens is 1. The van der Waals surface area contributed by atoms with Crippen molar-refractivity contribution in [2.75, 3.05) is 19.6 Å². The number of benzene rings is 1. The number of fused-ring (bicyclic) bond motifs is 1. The summed E-state index contributed by atoms with van der Waals surface area (Å²) in [5, 5.41) is 3.71. The molecule has 2 aromatic heterocycles. The second-order valence-corrected chi connectivity index (χ2v) is 7.44. The van der Waals surface area contributed by atoms with Crippen LogP contribution in [0.5, 0.6) is 0 Å². The van der Waals surface area contributed by atoms with Crippen molar-refractivity contribution in [3.63, 3.8) is 0 Å². The van der Waals surface area contributed by atoms with Gasteiger partial charge in [-0.05, 0) is 50.6 Å². The molecule has 3 aromatic rings. The first-order valence-corrected chi connectivity index (χ1v) is 9.72. The van der Waals surface area contributed by atoms with Gasteiger partial charge in [0.1, 0.15) is 11.3 Å². The van der Waals surface area contributed by atoms with Crippen LogP contribution in [0.4, 0.5) is 0 Å². The summed E-state index contributed by atoms with van der Waals surface area (Å²) in [4.78, 5) is 19.9. The first-order valence-electron chi connectivity index (χ1n) is 9.35. The Hall–Kier alpha value is -2.37. The van der Waals surface area contributed by atoms with Gasteiger partial charge in [-0.1, -0.05) is 41.9 Å². The number of carbonyl (C=O) groups is 1. The van der Waals surface area contributed by atoms with Gasteiger partial charge in [0.15, 0.2) is 0 Å². The van der Waals surface area contributed by atoms with Crippen LogP contribution in [0.1, 0.15) is 40.6 Å². The summed E-state index contributed by atoms with van der Waals surface area (Å²) in [7, 11) is 0. The van der Waals surface area contributed by atoms with Crippen LogP contribution in [-0.2, 0) is 0 Å². The van der Waals surface area contributed by atoms with Gasteiger partial charge in [0, 0.05) is 12.7 Å². The van der Waals surface area contributed by atoms with Crippen LogP contribution in [0, 0.1) is 6.92 Å². The van der Waals surface area contributed by atoms with Crippen molar-refractivity contribution in [2.24, 2.45) is 0 Å². The molecule has 1 amide bonds. The summed E-state index contributed by atoms with van der Waals surface area (Å²) in [6.45, 7) is 4.56. The lowest BCUT2D eigenvalue weighted by Crippen LogP contribution is -2.37. The average molecular weight is 383 g/mol. The maximum atomic E-state index is 13.0. The third-order valence-electron chi connectivity index (χ3n) is 5.19. The highest BCUT2D eigenvalue weighted by Gasteiger charge is 2.25. The second-order valence-electron chi connectivity index (χ2n) is 7.00. The highest BCUT2D eigenvalue weighted by atomic mass is 35.5. The van der Waals surface area contributed by atoms with Crippen LogP contribution in [0.25, 0.3) is 5.65 Å². The average Bonchev–Trinajstić information content (AvgIpc) is 3.30. The molecule has 1 fully saturated rings. The monoisotopic (exact) mass is 382 g/mol. The summed E-state index contributed by atoms with van der Waals surface area (Å²) < 4.78 is 1.76. The molecule has 0 aliphatic carbocycles. The molecule has 0 spiro atoms. The number of hydrogen-bond donors (Lipinski definition) is 1. The van der Waals surface area contributed by atoms with Crippen molar-refractivity contribution in [1.82, 2.24) is 19.6 Å². The minimum absolute atomic E-state index is 0.123. The summed E-state index contributed by atoms with van der Waals surface area (Å²) in [5.41, 5.74) is 3.20. The van der Waals surface area contributed by atoms with Crippen molar-refractivity contribution in [3.8, 4) is 0 Å². The van der Waals surface area contributed by atoms with Crippen LogP contribution in [0.2, 0.25) is 5.02 Å². The summed E-state index contributed by atoms with van der Waals surface area (Å²) in [6, 6.07) is 14.2. The second kappa shape index (κ2) is 7.71. The quantitative estimate of drug-likeness (QED) is 0.728. The topological polar surface area (TPSA) is 49.6 Å². The lowest BCUT2D eigenvalue weighted by molar-refractivity contribution is 0.0931. The van der Waals surface area contributed by atoms with Crippen molar-refractivity contribution in [1.29, 1.82) is 0 Å². The molecule has 1 aliphatic rings. The molecular weight excluding hydrogens is 360 g/mol. The summed E-state index contributed by atoms with van der Waals surface area (Å²) >= 11 is 6.11. The van der Waals surface area contributed by atoms with Crippen LogP contribution < -0.4 is 5.32 Å². The Labute approximate surface area is 164 Å². The van der Waals surface area contributed by atoms with Crippen LogP contribution in [0.15, 0.2) is 48.7 Å². The fourth-order valence-electron chi connectivity index (χ4n) is 3.87. The zero-order chi connectivity index (χ0) is 18.8. The van der Waals surface area contributed by atoms with Crippen LogP contribution >= 0.6 is 11.6 Å². The fraction of sp³-hybridized carbons (Fsp3) is 0.333. The van der Waals surface area contributed by atoms with Gasteiger partial charge in [0.05, 0.1) is 16.8 Å². The molecule has 1 atom stereocenters. The van der Waals surface area contributed by atoms with Crippen LogP contribution in [-0.4, -0.2) is 39.8 Å². The molecule has 27 heavy (non-hydrogen) atoms. The largest absolute Gasteiger partial charge is 0.349 e. The Balaban J connectivity index is 1.57. The number of hydrogen-bond acceptors (Lipinski definition) is 3. The predicted octanol–water partition coefficient (Wildman–Crippen LogP) is 3.86. The Kier molecular flexibility index (Phi) is 5.14. The maximum absolute atomic E-state index is 13.0. The molecule has 0 radical (unpaired) electrons. The number of nitrogens with zero attached hydrogens (tertiary/aromatic N) is 3. The van der Waals surface area contributed by atoms with E-state index < -0.39 is 0 Å². The number of likely N-dealkylation sites (tertiary alicyclic amines) is 1. The van der Waals surface area contributed by atoms with Crippen molar-refractivity contribution in [2.45, 2.75) is 25.8 Å². The zero-order valence-corrected chi connectivity index (χ0v) is 16.1.